The van der Waals surface area contributed by atoms with Crippen molar-refractivity contribution in [3.8, 4) is 5.75 Å². The van der Waals surface area contributed by atoms with Crippen molar-refractivity contribution in [2.75, 3.05) is 6.61 Å². The van der Waals surface area contributed by atoms with E-state index in [1.807, 2.05) is 38.1 Å². The number of halogens is 1. The molecule has 0 fully saturated rings. The van der Waals surface area contributed by atoms with E-state index < -0.39 is 0 Å². The number of ether oxygens (including phenoxy) is 1. The van der Waals surface area contributed by atoms with Crippen molar-refractivity contribution in [1.29, 1.82) is 0 Å². The Kier molecular flexibility index (Phi) is 5.08. The maximum Gasteiger partial charge on any atom is 0.172 e. The van der Waals surface area contributed by atoms with Crippen molar-refractivity contribution in [3.05, 3.63) is 27.8 Å². The second-order valence-corrected chi connectivity index (χ2v) is 4.76. The molecule has 1 unspecified atom stereocenters. The molecule has 0 saturated carbocycles. The fourth-order valence-electron chi connectivity index (χ4n) is 1.06. The van der Waals surface area contributed by atoms with Crippen LogP contribution in [0.4, 0.5) is 0 Å². The lowest BCUT2D eigenvalue weighted by Crippen LogP contribution is -2.18. The van der Waals surface area contributed by atoms with Gasteiger partial charge in [0.15, 0.2) is 5.78 Å². The molecule has 0 radical (unpaired) electrons. The Morgan fingerprint density at radius 2 is 2.00 bits per heavy atom. The lowest BCUT2D eigenvalue weighted by Gasteiger charge is -2.09. The molecular weight excluding hydrogens is 303 g/mol. The van der Waals surface area contributed by atoms with Crippen LogP contribution in [-0.2, 0) is 4.79 Å². The van der Waals surface area contributed by atoms with Gasteiger partial charge in [-0.15, -0.1) is 0 Å². The van der Waals surface area contributed by atoms with Gasteiger partial charge in [0.2, 0.25) is 0 Å². The first-order valence-electron chi connectivity index (χ1n) is 5.04. The third kappa shape index (κ3) is 4.20. The van der Waals surface area contributed by atoms with E-state index in [9.17, 15) is 4.79 Å². The van der Waals surface area contributed by atoms with Gasteiger partial charge >= 0.3 is 0 Å². The van der Waals surface area contributed by atoms with E-state index in [-0.39, 0.29) is 18.3 Å². The molecular formula is C12H15IO2. The van der Waals surface area contributed by atoms with Gasteiger partial charge in [0.05, 0.1) is 0 Å². The first-order chi connectivity index (χ1) is 7.13. The second kappa shape index (κ2) is 6.10. The molecule has 0 heterocycles. The predicted octanol–water partition coefficient (Wildman–Crippen LogP) is 3.29. The number of Topliss-reactive ketones (excluding diaryl/α,β-unsaturated/α-hetero) is 1. The zero-order valence-electron chi connectivity index (χ0n) is 9.00. The van der Waals surface area contributed by atoms with Crippen molar-refractivity contribution < 1.29 is 9.53 Å². The third-order valence-corrected chi connectivity index (χ3v) is 3.08. The lowest BCUT2D eigenvalue weighted by molar-refractivity contribution is -0.124. The van der Waals surface area contributed by atoms with Gasteiger partial charge in [-0.2, -0.15) is 0 Å². The molecule has 0 N–H and O–H groups in total. The average molecular weight is 318 g/mol. The molecule has 0 aliphatic heterocycles. The van der Waals surface area contributed by atoms with Crippen LogP contribution < -0.4 is 4.74 Å². The molecule has 1 aromatic carbocycles. The third-order valence-electron chi connectivity index (χ3n) is 2.36. The Bertz CT molecular complexity index is 319. The van der Waals surface area contributed by atoms with E-state index in [0.29, 0.717) is 0 Å². The summed E-state index contributed by atoms with van der Waals surface area (Å²) in [7, 11) is 0. The maximum atomic E-state index is 11.5. The smallest absolute Gasteiger partial charge is 0.172 e. The Balaban J connectivity index is 2.43. The van der Waals surface area contributed by atoms with Crippen LogP contribution in [0.5, 0.6) is 5.75 Å². The molecule has 0 saturated heterocycles. The summed E-state index contributed by atoms with van der Waals surface area (Å²) >= 11 is 2.23. The Labute approximate surface area is 104 Å². The van der Waals surface area contributed by atoms with E-state index in [4.69, 9.17) is 4.74 Å². The minimum atomic E-state index is 0.0915. The molecule has 15 heavy (non-hydrogen) atoms. The molecule has 1 aromatic rings. The van der Waals surface area contributed by atoms with Crippen LogP contribution in [0, 0.1) is 9.49 Å². The van der Waals surface area contributed by atoms with Crippen LogP contribution in [-0.4, -0.2) is 12.4 Å². The van der Waals surface area contributed by atoms with Crippen molar-refractivity contribution >= 4 is 28.4 Å². The van der Waals surface area contributed by atoms with Crippen LogP contribution in [0.15, 0.2) is 24.3 Å². The van der Waals surface area contributed by atoms with Crippen LogP contribution in [0.25, 0.3) is 0 Å². The van der Waals surface area contributed by atoms with Crippen molar-refractivity contribution in [3.63, 3.8) is 0 Å². The summed E-state index contributed by atoms with van der Waals surface area (Å²) in [5.41, 5.74) is 0. The molecule has 0 aliphatic carbocycles. The summed E-state index contributed by atoms with van der Waals surface area (Å²) < 4.78 is 6.55. The number of carbonyl (C=O) groups is 1. The highest BCUT2D eigenvalue weighted by Gasteiger charge is 2.10. The van der Waals surface area contributed by atoms with Gasteiger partial charge in [-0.25, -0.2) is 0 Å². The van der Waals surface area contributed by atoms with Gasteiger partial charge in [0.25, 0.3) is 0 Å². The highest BCUT2D eigenvalue weighted by molar-refractivity contribution is 14.1. The summed E-state index contributed by atoms with van der Waals surface area (Å²) in [4.78, 5) is 11.5. The van der Waals surface area contributed by atoms with Crippen LogP contribution in [0.3, 0.4) is 0 Å². The number of benzene rings is 1. The molecule has 0 aliphatic rings. The summed E-state index contributed by atoms with van der Waals surface area (Å²) in [6, 6.07) is 7.69. The van der Waals surface area contributed by atoms with Crippen LogP contribution >= 0.6 is 22.6 Å². The molecule has 3 heteroatoms. The lowest BCUT2D eigenvalue weighted by atomic mass is 10.1. The summed E-state index contributed by atoms with van der Waals surface area (Å²) in [6.07, 6.45) is 0.870. The molecule has 0 amide bonds. The van der Waals surface area contributed by atoms with Gasteiger partial charge in [-0.1, -0.05) is 13.8 Å². The molecule has 2 nitrogen and oxygen atoms in total. The van der Waals surface area contributed by atoms with Gasteiger partial charge < -0.3 is 4.74 Å². The fraction of sp³-hybridized carbons (Fsp3) is 0.417. The van der Waals surface area contributed by atoms with E-state index in [1.54, 1.807) is 0 Å². The van der Waals surface area contributed by atoms with Crippen molar-refractivity contribution in [2.24, 2.45) is 5.92 Å². The monoisotopic (exact) mass is 318 g/mol. The first-order valence-corrected chi connectivity index (χ1v) is 6.12. The van der Waals surface area contributed by atoms with Crippen molar-refractivity contribution in [2.45, 2.75) is 20.3 Å². The number of rotatable bonds is 5. The topological polar surface area (TPSA) is 26.3 Å². The average Bonchev–Trinajstić information content (AvgIpc) is 2.26. The zero-order valence-corrected chi connectivity index (χ0v) is 11.2. The van der Waals surface area contributed by atoms with Gasteiger partial charge in [-0.3, -0.25) is 4.79 Å². The molecule has 0 aromatic heterocycles. The van der Waals surface area contributed by atoms with E-state index in [0.717, 1.165) is 15.7 Å². The number of hydrogen-bond acceptors (Lipinski definition) is 2. The number of carbonyl (C=O) groups excluding carboxylic acids is 1. The largest absolute Gasteiger partial charge is 0.486 e. The predicted molar refractivity (Wildman–Crippen MR) is 69.1 cm³/mol. The number of ketones is 1. The van der Waals surface area contributed by atoms with Crippen LogP contribution in [0.1, 0.15) is 20.3 Å². The first kappa shape index (κ1) is 12.5. The van der Waals surface area contributed by atoms with Crippen LogP contribution in [0.2, 0.25) is 0 Å². The normalized spacial score (nSPS) is 12.2. The Morgan fingerprint density at radius 1 is 1.40 bits per heavy atom. The summed E-state index contributed by atoms with van der Waals surface area (Å²) in [5.74, 6) is 1.01. The highest BCUT2D eigenvalue weighted by atomic mass is 127. The van der Waals surface area contributed by atoms with Crippen molar-refractivity contribution in [1.82, 2.24) is 0 Å². The van der Waals surface area contributed by atoms with Gasteiger partial charge in [-0.05, 0) is 53.3 Å². The van der Waals surface area contributed by atoms with E-state index >= 15 is 0 Å². The zero-order chi connectivity index (χ0) is 11.3. The molecule has 1 rings (SSSR count). The highest BCUT2D eigenvalue weighted by Crippen LogP contribution is 2.14. The standard InChI is InChI=1S/C12H15IO2/c1-3-9(2)12(14)8-15-11-6-4-10(13)5-7-11/h4-7,9H,3,8H2,1-2H3. The Morgan fingerprint density at radius 3 is 2.53 bits per heavy atom. The summed E-state index contributed by atoms with van der Waals surface area (Å²) in [6.45, 7) is 4.11. The molecule has 0 spiro atoms. The second-order valence-electron chi connectivity index (χ2n) is 3.52. The van der Waals surface area contributed by atoms with E-state index in [1.165, 1.54) is 0 Å². The fourth-order valence-corrected chi connectivity index (χ4v) is 1.41. The maximum absolute atomic E-state index is 11.5. The van der Waals surface area contributed by atoms with E-state index in [2.05, 4.69) is 22.6 Å². The SMILES string of the molecule is CCC(C)C(=O)COc1ccc(I)cc1. The Hall–Kier alpha value is -0.580. The quantitative estimate of drug-likeness (QED) is 0.779. The minimum Gasteiger partial charge on any atom is -0.486 e. The summed E-state index contributed by atoms with van der Waals surface area (Å²) in [5, 5.41) is 0. The minimum absolute atomic E-state index is 0.0915. The molecule has 1 atom stereocenters. The molecule has 0 bridgehead atoms. The van der Waals surface area contributed by atoms with Gasteiger partial charge in [0, 0.05) is 9.49 Å². The van der Waals surface area contributed by atoms with Gasteiger partial charge in [0.1, 0.15) is 12.4 Å². The molecule has 82 valence electrons. The number of hydrogen-bond donors (Lipinski definition) is 0.